The molecule has 0 fully saturated rings. The lowest BCUT2D eigenvalue weighted by Gasteiger charge is -2.13. The number of nitrogens with zero attached hydrogens (tertiary/aromatic N) is 1. The van der Waals surface area contributed by atoms with Crippen molar-refractivity contribution in [3.63, 3.8) is 0 Å². The van der Waals surface area contributed by atoms with Crippen molar-refractivity contribution >= 4 is 29.9 Å². The fourth-order valence-corrected chi connectivity index (χ4v) is 2.25. The largest absolute Gasteiger partial charge is 0.497 e. The summed E-state index contributed by atoms with van der Waals surface area (Å²) in [7, 11) is 3.43. The first-order chi connectivity index (χ1) is 11.7. The molecule has 0 aromatic heterocycles. The quantitative estimate of drug-likeness (QED) is 0.381. The topological polar surface area (TPSA) is 54.9 Å². The lowest BCUT2D eigenvalue weighted by Crippen LogP contribution is -2.36. The van der Waals surface area contributed by atoms with Gasteiger partial charge in [0, 0.05) is 20.1 Å². The molecule has 2 N–H and O–H groups in total. The second-order valence-electron chi connectivity index (χ2n) is 5.21. The number of methoxy groups -OCH3 is 1. The minimum absolute atomic E-state index is 0. The Hall–Kier alpha value is -1.96. The van der Waals surface area contributed by atoms with E-state index in [-0.39, 0.29) is 24.0 Å². The van der Waals surface area contributed by atoms with Crippen LogP contribution in [0.2, 0.25) is 0 Å². The smallest absolute Gasteiger partial charge is 0.191 e. The molecule has 0 bridgehead atoms. The summed E-state index contributed by atoms with van der Waals surface area (Å²) in [5.74, 6) is 2.50. The van der Waals surface area contributed by atoms with Gasteiger partial charge in [0.2, 0.25) is 0 Å². The van der Waals surface area contributed by atoms with Gasteiger partial charge < -0.3 is 20.1 Å². The van der Waals surface area contributed by atoms with Crippen LogP contribution in [0.4, 0.5) is 0 Å². The molecule has 5 nitrogen and oxygen atoms in total. The summed E-state index contributed by atoms with van der Waals surface area (Å²) in [6, 6.07) is 16.0. The fourth-order valence-electron chi connectivity index (χ4n) is 2.25. The highest BCUT2D eigenvalue weighted by atomic mass is 127. The summed E-state index contributed by atoms with van der Waals surface area (Å²) in [5.41, 5.74) is 2.31. The summed E-state index contributed by atoms with van der Waals surface area (Å²) in [4.78, 5) is 4.25. The van der Waals surface area contributed by atoms with Crippen LogP contribution in [0.25, 0.3) is 0 Å². The molecule has 0 aliphatic rings. The van der Waals surface area contributed by atoms with Crippen LogP contribution in [0, 0.1) is 0 Å². The maximum atomic E-state index is 5.52. The normalized spacial score (nSPS) is 10.6. The number of benzene rings is 2. The van der Waals surface area contributed by atoms with E-state index in [9.17, 15) is 0 Å². The van der Waals surface area contributed by atoms with Crippen molar-refractivity contribution in [3.8, 4) is 11.5 Å². The van der Waals surface area contributed by atoms with Crippen molar-refractivity contribution < 1.29 is 9.47 Å². The number of rotatable bonds is 7. The highest BCUT2D eigenvalue weighted by Crippen LogP contribution is 2.13. The molecule has 2 aromatic rings. The number of hydrogen-bond acceptors (Lipinski definition) is 3. The molecule has 0 spiro atoms. The predicted octanol–water partition coefficient (Wildman–Crippen LogP) is 3.58. The molecule has 0 radical (unpaired) electrons. The molecular formula is C19H26IN3O2. The van der Waals surface area contributed by atoms with Gasteiger partial charge in [-0.3, -0.25) is 4.99 Å². The van der Waals surface area contributed by atoms with E-state index in [0.29, 0.717) is 19.7 Å². The SMILES string of the molecule is CCOc1cccc(CNC(=NC)NCc2ccc(OC)cc2)c1.I. The summed E-state index contributed by atoms with van der Waals surface area (Å²) in [6.07, 6.45) is 0. The van der Waals surface area contributed by atoms with Crippen molar-refractivity contribution in [1.82, 2.24) is 10.6 Å². The molecule has 0 aliphatic heterocycles. The lowest BCUT2D eigenvalue weighted by atomic mass is 10.2. The van der Waals surface area contributed by atoms with Crippen molar-refractivity contribution in [2.24, 2.45) is 4.99 Å². The molecule has 0 aliphatic carbocycles. The lowest BCUT2D eigenvalue weighted by molar-refractivity contribution is 0.340. The van der Waals surface area contributed by atoms with E-state index in [2.05, 4.69) is 21.7 Å². The first-order valence-corrected chi connectivity index (χ1v) is 8.04. The van der Waals surface area contributed by atoms with Crippen molar-refractivity contribution in [2.75, 3.05) is 20.8 Å². The van der Waals surface area contributed by atoms with E-state index in [1.165, 1.54) is 0 Å². The summed E-state index contributed by atoms with van der Waals surface area (Å²) in [6.45, 7) is 4.03. The Morgan fingerprint density at radius 3 is 2.24 bits per heavy atom. The van der Waals surface area contributed by atoms with Gasteiger partial charge in [0.15, 0.2) is 5.96 Å². The van der Waals surface area contributed by atoms with Gasteiger partial charge in [-0.1, -0.05) is 24.3 Å². The Balaban J connectivity index is 0.00000312. The molecule has 0 heterocycles. The van der Waals surface area contributed by atoms with Crippen LogP contribution in [0.5, 0.6) is 11.5 Å². The van der Waals surface area contributed by atoms with Gasteiger partial charge >= 0.3 is 0 Å². The zero-order valence-electron chi connectivity index (χ0n) is 14.9. The van der Waals surface area contributed by atoms with Crippen molar-refractivity contribution in [2.45, 2.75) is 20.0 Å². The monoisotopic (exact) mass is 455 g/mol. The van der Waals surface area contributed by atoms with Gasteiger partial charge in [0.05, 0.1) is 13.7 Å². The zero-order chi connectivity index (χ0) is 17.2. The van der Waals surface area contributed by atoms with E-state index in [0.717, 1.165) is 28.6 Å². The van der Waals surface area contributed by atoms with Gasteiger partial charge in [-0.2, -0.15) is 0 Å². The molecule has 0 saturated carbocycles. The van der Waals surface area contributed by atoms with Gasteiger partial charge in [-0.25, -0.2) is 0 Å². The third-order valence-electron chi connectivity index (χ3n) is 3.51. The maximum absolute atomic E-state index is 5.52. The molecule has 136 valence electrons. The van der Waals surface area contributed by atoms with Crippen LogP contribution in [0.15, 0.2) is 53.5 Å². The maximum Gasteiger partial charge on any atom is 0.191 e. The first-order valence-electron chi connectivity index (χ1n) is 8.04. The molecule has 0 saturated heterocycles. The summed E-state index contributed by atoms with van der Waals surface area (Å²) < 4.78 is 10.7. The number of halogens is 1. The molecule has 25 heavy (non-hydrogen) atoms. The standard InChI is InChI=1S/C19H25N3O2.HI/c1-4-24-18-7-5-6-16(12-18)14-22-19(20-2)21-13-15-8-10-17(23-3)11-9-15;/h5-12H,4,13-14H2,1-3H3,(H2,20,21,22);1H. The van der Waals surface area contributed by atoms with E-state index in [4.69, 9.17) is 9.47 Å². The molecule has 0 unspecified atom stereocenters. The molecule has 0 atom stereocenters. The Morgan fingerprint density at radius 1 is 0.960 bits per heavy atom. The zero-order valence-corrected chi connectivity index (χ0v) is 17.2. The molecule has 2 aromatic carbocycles. The number of ether oxygens (including phenoxy) is 2. The molecule has 2 rings (SSSR count). The highest BCUT2D eigenvalue weighted by Gasteiger charge is 2.01. The van der Waals surface area contributed by atoms with Crippen LogP contribution in [-0.2, 0) is 13.1 Å². The Morgan fingerprint density at radius 2 is 1.64 bits per heavy atom. The van der Waals surface area contributed by atoms with Gasteiger partial charge in [-0.05, 0) is 42.3 Å². The predicted molar refractivity (Wildman–Crippen MR) is 113 cm³/mol. The van der Waals surface area contributed by atoms with E-state index in [1.807, 2.05) is 49.4 Å². The van der Waals surface area contributed by atoms with Gasteiger partial charge in [0.25, 0.3) is 0 Å². The van der Waals surface area contributed by atoms with E-state index < -0.39 is 0 Å². The van der Waals surface area contributed by atoms with Gasteiger partial charge in [0.1, 0.15) is 11.5 Å². The average Bonchev–Trinajstić information content (AvgIpc) is 2.63. The van der Waals surface area contributed by atoms with Crippen molar-refractivity contribution in [3.05, 3.63) is 59.7 Å². The van der Waals surface area contributed by atoms with Crippen molar-refractivity contribution in [1.29, 1.82) is 0 Å². The average molecular weight is 455 g/mol. The number of aliphatic imine (C=N–C) groups is 1. The van der Waals surface area contributed by atoms with Crippen LogP contribution in [0.1, 0.15) is 18.1 Å². The Bertz CT molecular complexity index is 660. The van der Waals surface area contributed by atoms with Crippen LogP contribution < -0.4 is 20.1 Å². The number of guanidine groups is 1. The van der Waals surface area contributed by atoms with Crippen LogP contribution >= 0.6 is 24.0 Å². The molecule has 6 heteroatoms. The molecular weight excluding hydrogens is 429 g/mol. The number of hydrogen-bond donors (Lipinski definition) is 2. The Kier molecular flexibility index (Phi) is 9.76. The Labute approximate surface area is 166 Å². The summed E-state index contributed by atoms with van der Waals surface area (Å²) >= 11 is 0. The third kappa shape index (κ3) is 7.21. The van der Waals surface area contributed by atoms with Crippen LogP contribution in [0.3, 0.4) is 0 Å². The minimum atomic E-state index is 0. The van der Waals surface area contributed by atoms with E-state index in [1.54, 1.807) is 14.2 Å². The fraction of sp³-hybridized carbons (Fsp3) is 0.316. The second-order valence-corrected chi connectivity index (χ2v) is 5.21. The first kappa shape index (κ1) is 21.1. The van der Waals surface area contributed by atoms with Gasteiger partial charge in [-0.15, -0.1) is 24.0 Å². The number of nitrogens with one attached hydrogen (secondary N) is 2. The van der Waals surface area contributed by atoms with Crippen LogP contribution in [-0.4, -0.2) is 26.7 Å². The molecule has 0 amide bonds. The highest BCUT2D eigenvalue weighted by molar-refractivity contribution is 14.0. The third-order valence-corrected chi connectivity index (χ3v) is 3.51. The second kappa shape index (κ2) is 11.6. The minimum Gasteiger partial charge on any atom is -0.497 e. The summed E-state index contributed by atoms with van der Waals surface area (Å²) in [5, 5.41) is 6.61. The van der Waals surface area contributed by atoms with E-state index >= 15 is 0 Å².